The minimum atomic E-state index is -0.765. The van der Waals surface area contributed by atoms with E-state index < -0.39 is 23.8 Å². The maximum absolute atomic E-state index is 13.8. The van der Waals surface area contributed by atoms with E-state index in [1.54, 1.807) is 25.7 Å². The summed E-state index contributed by atoms with van der Waals surface area (Å²) < 4.78 is 5.47. The Kier molecular flexibility index (Phi) is 7.89. The Labute approximate surface area is 248 Å². The summed E-state index contributed by atoms with van der Waals surface area (Å²) in [5.74, 6) is 2.95. The van der Waals surface area contributed by atoms with Gasteiger partial charge in [0, 0.05) is 25.1 Å². The number of nitrogens with one attached hydrogen (secondary N) is 2. The van der Waals surface area contributed by atoms with Gasteiger partial charge in [0.25, 0.3) is 0 Å². The fourth-order valence-corrected chi connectivity index (χ4v) is 8.41. The Balaban J connectivity index is 1.12. The zero-order valence-electron chi connectivity index (χ0n) is 25.1. The van der Waals surface area contributed by atoms with Crippen LogP contribution in [-0.2, 0) is 28.9 Å². The molecule has 7 rings (SSSR count). The summed E-state index contributed by atoms with van der Waals surface area (Å²) in [7, 11) is 0. The lowest BCUT2D eigenvalue weighted by molar-refractivity contribution is -0.134. The second-order valence-corrected chi connectivity index (χ2v) is 14.2. The molecule has 0 radical (unpaired) electrons. The molecule has 3 N–H and O–H groups in total. The minimum Gasteiger partial charge on any atom is -0.444 e. The maximum Gasteiger partial charge on any atom is 0.408 e. The van der Waals surface area contributed by atoms with E-state index in [1.807, 2.05) is 30.3 Å². The number of fused-ring (bicyclic) bond motifs is 1. The van der Waals surface area contributed by atoms with Crippen LogP contribution in [0.1, 0.15) is 76.1 Å². The van der Waals surface area contributed by atoms with Crippen LogP contribution in [0.2, 0.25) is 0 Å². The standard InChI is InChI=1S/C33H45N5O4/c1-32(2,3)42-31(41)37-26(14-21-7-5-4-6-8-21)30(40)38-10-9-25-27(19-38)35-20-36-29(25)34-18-28(39)33-15-22-11-23(16-33)13-24(12-22)17-33/h4-8,20,22-24,26,28,39H,9-19H2,1-3H3,(H,37,41)(H,34,35,36)/t22?,23?,24?,26?,28-,33?/m1/s1. The van der Waals surface area contributed by atoms with Gasteiger partial charge < -0.3 is 25.4 Å². The lowest BCUT2D eigenvalue weighted by Gasteiger charge is -2.58. The molecule has 1 aromatic carbocycles. The van der Waals surface area contributed by atoms with Crippen molar-refractivity contribution >= 4 is 17.8 Å². The van der Waals surface area contributed by atoms with Crippen molar-refractivity contribution in [3.8, 4) is 0 Å². The second kappa shape index (κ2) is 11.5. The molecule has 1 aliphatic heterocycles. The van der Waals surface area contributed by atoms with E-state index in [0.717, 1.165) is 59.7 Å². The van der Waals surface area contributed by atoms with Gasteiger partial charge in [-0.2, -0.15) is 0 Å². The third-order valence-corrected chi connectivity index (χ3v) is 9.85. The van der Waals surface area contributed by atoms with Crippen molar-refractivity contribution in [2.45, 2.75) is 96.4 Å². The first-order valence-corrected chi connectivity index (χ1v) is 15.6. The van der Waals surface area contributed by atoms with Gasteiger partial charge in [-0.25, -0.2) is 14.8 Å². The number of nitrogens with zero attached hydrogens (tertiary/aromatic N) is 3. The predicted octanol–water partition coefficient (Wildman–Crippen LogP) is 4.49. The zero-order chi connectivity index (χ0) is 29.5. The van der Waals surface area contributed by atoms with Crippen molar-refractivity contribution in [1.29, 1.82) is 0 Å². The zero-order valence-corrected chi connectivity index (χ0v) is 25.1. The van der Waals surface area contributed by atoms with Crippen molar-refractivity contribution in [3.63, 3.8) is 0 Å². The lowest BCUT2D eigenvalue weighted by atomic mass is 9.48. The quantitative estimate of drug-likeness (QED) is 0.425. The number of aliphatic hydroxyl groups is 1. The molecule has 2 atom stereocenters. The number of anilines is 1. The van der Waals surface area contributed by atoms with E-state index in [0.29, 0.717) is 32.5 Å². The predicted molar refractivity (Wildman–Crippen MR) is 160 cm³/mol. The van der Waals surface area contributed by atoms with Crippen LogP contribution in [-0.4, -0.2) is 62.8 Å². The average Bonchev–Trinajstić information content (AvgIpc) is 2.93. The number of ether oxygens (including phenoxy) is 1. The molecule has 2 aromatic rings. The van der Waals surface area contributed by atoms with Gasteiger partial charge >= 0.3 is 6.09 Å². The SMILES string of the molecule is CC(C)(C)OC(=O)NC(Cc1ccccc1)C(=O)N1CCc2c(ncnc2NC[C@@H](O)C23CC4CC(CC(C4)C2)C3)C1. The molecule has 0 spiro atoms. The van der Waals surface area contributed by atoms with Crippen LogP contribution in [0.4, 0.5) is 10.6 Å². The third-order valence-electron chi connectivity index (χ3n) is 9.85. The molecular formula is C33H45N5O4. The number of carbonyl (C=O) groups excluding carboxylic acids is 2. The summed E-state index contributed by atoms with van der Waals surface area (Å²) in [5, 5.41) is 17.7. The molecule has 226 valence electrons. The van der Waals surface area contributed by atoms with Gasteiger partial charge in [-0.3, -0.25) is 4.79 Å². The normalized spacial score (nSPS) is 27.6. The Morgan fingerprint density at radius 3 is 2.38 bits per heavy atom. The monoisotopic (exact) mass is 575 g/mol. The highest BCUT2D eigenvalue weighted by atomic mass is 16.6. The summed E-state index contributed by atoms with van der Waals surface area (Å²) in [6.07, 6.45) is 9.02. The van der Waals surface area contributed by atoms with Gasteiger partial charge in [-0.15, -0.1) is 0 Å². The third kappa shape index (κ3) is 6.26. The van der Waals surface area contributed by atoms with Crippen molar-refractivity contribution < 1.29 is 19.4 Å². The maximum atomic E-state index is 13.8. The molecule has 0 saturated heterocycles. The van der Waals surface area contributed by atoms with Crippen molar-refractivity contribution in [2.75, 3.05) is 18.4 Å². The van der Waals surface area contributed by atoms with Gasteiger partial charge in [0.05, 0.1) is 18.3 Å². The molecular weight excluding hydrogens is 530 g/mol. The summed E-state index contributed by atoms with van der Waals surface area (Å²) in [6, 6.07) is 8.91. The number of benzene rings is 1. The molecule has 9 heteroatoms. The molecule has 2 amide bonds. The highest BCUT2D eigenvalue weighted by Gasteiger charge is 2.53. The molecule has 42 heavy (non-hydrogen) atoms. The van der Waals surface area contributed by atoms with Crippen LogP contribution in [0.25, 0.3) is 0 Å². The van der Waals surface area contributed by atoms with Crippen molar-refractivity contribution in [1.82, 2.24) is 20.2 Å². The van der Waals surface area contributed by atoms with E-state index >= 15 is 0 Å². The average molecular weight is 576 g/mol. The minimum absolute atomic E-state index is 0.0486. The molecule has 5 aliphatic rings. The summed E-state index contributed by atoms with van der Waals surface area (Å²) in [6.45, 7) is 6.72. The van der Waals surface area contributed by atoms with Gasteiger partial charge in [-0.1, -0.05) is 30.3 Å². The number of amides is 2. The van der Waals surface area contributed by atoms with Gasteiger partial charge in [0.15, 0.2) is 0 Å². The Bertz CT molecular complexity index is 1260. The van der Waals surface area contributed by atoms with Gasteiger partial charge in [0.1, 0.15) is 23.8 Å². The van der Waals surface area contributed by atoms with E-state index in [2.05, 4.69) is 20.6 Å². The van der Waals surface area contributed by atoms with Crippen molar-refractivity contribution in [3.05, 3.63) is 53.5 Å². The van der Waals surface area contributed by atoms with Crippen LogP contribution in [0, 0.1) is 23.2 Å². The van der Waals surface area contributed by atoms with Crippen molar-refractivity contribution in [2.24, 2.45) is 23.2 Å². The van der Waals surface area contributed by atoms with Crippen LogP contribution in [0.5, 0.6) is 0 Å². The number of carbonyl (C=O) groups is 2. The number of alkyl carbamates (subject to hydrolysis) is 1. The highest BCUT2D eigenvalue weighted by molar-refractivity contribution is 5.86. The second-order valence-electron chi connectivity index (χ2n) is 14.2. The van der Waals surface area contributed by atoms with E-state index in [1.165, 1.54) is 25.6 Å². The van der Waals surface area contributed by atoms with Gasteiger partial charge in [0.2, 0.25) is 5.91 Å². The fourth-order valence-electron chi connectivity index (χ4n) is 8.41. The van der Waals surface area contributed by atoms with Crippen LogP contribution in [0.15, 0.2) is 36.7 Å². The van der Waals surface area contributed by atoms with E-state index in [-0.39, 0.29) is 11.3 Å². The Hall–Kier alpha value is -3.20. The van der Waals surface area contributed by atoms with Gasteiger partial charge in [-0.05, 0) is 94.4 Å². The van der Waals surface area contributed by atoms with E-state index in [4.69, 9.17) is 4.74 Å². The number of aromatic nitrogens is 2. The topological polar surface area (TPSA) is 117 Å². The summed E-state index contributed by atoms with van der Waals surface area (Å²) in [4.78, 5) is 37.3. The van der Waals surface area contributed by atoms with Crippen LogP contribution in [0.3, 0.4) is 0 Å². The fraction of sp³-hybridized carbons (Fsp3) is 0.636. The van der Waals surface area contributed by atoms with Crippen LogP contribution >= 0.6 is 0 Å². The number of hydrogen-bond donors (Lipinski definition) is 3. The first-order valence-electron chi connectivity index (χ1n) is 15.6. The largest absolute Gasteiger partial charge is 0.444 e. The Morgan fingerprint density at radius 2 is 1.74 bits per heavy atom. The lowest BCUT2D eigenvalue weighted by Crippen LogP contribution is -2.53. The van der Waals surface area contributed by atoms with E-state index in [9.17, 15) is 14.7 Å². The molecule has 4 aliphatic carbocycles. The molecule has 2 heterocycles. The molecule has 4 fully saturated rings. The Morgan fingerprint density at radius 1 is 1.07 bits per heavy atom. The number of rotatable bonds is 8. The van der Waals surface area contributed by atoms with Crippen LogP contribution < -0.4 is 10.6 Å². The molecule has 1 unspecified atom stereocenters. The summed E-state index contributed by atoms with van der Waals surface area (Å²) >= 11 is 0. The smallest absolute Gasteiger partial charge is 0.408 e. The molecule has 4 bridgehead atoms. The molecule has 4 saturated carbocycles. The first-order chi connectivity index (χ1) is 20.1. The first kappa shape index (κ1) is 28.9. The summed E-state index contributed by atoms with van der Waals surface area (Å²) in [5.41, 5.74) is 2.13. The molecule has 1 aromatic heterocycles. The highest BCUT2D eigenvalue weighted by Crippen LogP contribution is 2.61. The number of hydrogen-bond acceptors (Lipinski definition) is 7. The molecule has 9 nitrogen and oxygen atoms in total. The number of aliphatic hydroxyl groups excluding tert-OH is 1.